The number of para-hydroxylation sites is 2. The van der Waals surface area contributed by atoms with Gasteiger partial charge in [0, 0.05) is 11.8 Å². The highest BCUT2D eigenvalue weighted by atomic mass is 32.2. The Morgan fingerprint density at radius 1 is 1.06 bits per heavy atom. The van der Waals surface area contributed by atoms with Gasteiger partial charge in [0.25, 0.3) is 0 Å². The van der Waals surface area contributed by atoms with Gasteiger partial charge in [-0.05, 0) is 37.1 Å². The monoisotopic (exact) mass is 474 g/mol. The van der Waals surface area contributed by atoms with E-state index in [1.807, 2.05) is 69.9 Å². The molecule has 0 radical (unpaired) electrons. The van der Waals surface area contributed by atoms with Crippen molar-refractivity contribution in [1.82, 2.24) is 24.5 Å². The summed E-state index contributed by atoms with van der Waals surface area (Å²) >= 11 is 1.35. The number of carbonyl (C=O) groups excluding carboxylic acids is 1. The highest BCUT2D eigenvalue weighted by Crippen LogP contribution is 2.34. The molecule has 5 rings (SSSR count). The lowest BCUT2D eigenvalue weighted by Crippen LogP contribution is -2.19. The Hall–Kier alpha value is -3.59. The van der Waals surface area contributed by atoms with Gasteiger partial charge < -0.3 is 10.1 Å². The van der Waals surface area contributed by atoms with E-state index < -0.39 is 0 Å². The first-order chi connectivity index (χ1) is 16.7. The van der Waals surface area contributed by atoms with Crippen molar-refractivity contribution in [3.63, 3.8) is 0 Å². The number of carbonyl (C=O) groups is 1. The van der Waals surface area contributed by atoms with Crippen LogP contribution in [0.25, 0.3) is 17.1 Å². The van der Waals surface area contributed by atoms with Crippen LogP contribution in [-0.4, -0.2) is 43.3 Å². The molecule has 0 aliphatic heterocycles. The number of thioether (sulfide) groups is 1. The molecular formula is C25H26N6O2S. The van der Waals surface area contributed by atoms with E-state index in [2.05, 4.69) is 20.6 Å². The van der Waals surface area contributed by atoms with Crippen molar-refractivity contribution >= 4 is 23.5 Å². The molecule has 1 N–H and O–H groups in total. The number of nitrogens with zero attached hydrogens (tertiary/aromatic N) is 5. The number of hydrogen-bond acceptors (Lipinski definition) is 6. The maximum absolute atomic E-state index is 12.8. The standard InChI is InChI=1S/C25H26N6O2S/c1-33-21-14-8-7-13-20(21)24-28-29-25(30(24)18-9-3-2-4-10-18)34-17-23(32)27-22-15-16-26-31(22)19-11-5-6-12-19/h2-4,7-10,13-16,19H,5-6,11-12,17H2,1H3,(H,27,32). The summed E-state index contributed by atoms with van der Waals surface area (Å²) in [5.41, 5.74) is 1.74. The van der Waals surface area contributed by atoms with E-state index in [4.69, 9.17) is 4.74 Å². The summed E-state index contributed by atoms with van der Waals surface area (Å²) in [5, 5.41) is 17.0. The van der Waals surface area contributed by atoms with Gasteiger partial charge in [0.15, 0.2) is 11.0 Å². The number of rotatable bonds is 8. The van der Waals surface area contributed by atoms with Crippen molar-refractivity contribution in [2.75, 3.05) is 18.2 Å². The average molecular weight is 475 g/mol. The first kappa shape index (κ1) is 22.2. The fourth-order valence-electron chi connectivity index (χ4n) is 4.34. The van der Waals surface area contributed by atoms with Crippen molar-refractivity contribution in [1.29, 1.82) is 0 Å². The Bertz CT molecular complexity index is 1260. The summed E-state index contributed by atoms with van der Waals surface area (Å²) in [6, 6.07) is 19.8. The van der Waals surface area contributed by atoms with Crippen molar-refractivity contribution in [3.05, 3.63) is 66.9 Å². The molecule has 1 aliphatic carbocycles. The predicted molar refractivity (Wildman–Crippen MR) is 132 cm³/mol. The lowest BCUT2D eigenvalue weighted by Gasteiger charge is -2.15. The number of anilines is 1. The number of methoxy groups -OCH3 is 1. The molecule has 174 valence electrons. The van der Waals surface area contributed by atoms with Crippen molar-refractivity contribution in [3.8, 4) is 22.8 Å². The molecule has 0 spiro atoms. The molecule has 2 aromatic carbocycles. The van der Waals surface area contributed by atoms with E-state index in [9.17, 15) is 4.79 Å². The predicted octanol–water partition coefficient (Wildman–Crippen LogP) is 4.99. The molecule has 0 saturated heterocycles. The second-order valence-electron chi connectivity index (χ2n) is 8.11. The summed E-state index contributed by atoms with van der Waals surface area (Å²) in [5.74, 6) is 2.21. The van der Waals surface area contributed by atoms with Crippen LogP contribution < -0.4 is 10.1 Å². The summed E-state index contributed by atoms with van der Waals surface area (Å²) in [4.78, 5) is 12.8. The fourth-order valence-corrected chi connectivity index (χ4v) is 5.09. The Morgan fingerprint density at radius 2 is 1.82 bits per heavy atom. The molecule has 0 unspecified atom stereocenters. The molecule has 1 saturated carbocycles. The van der Waals surface area contributed by atoms with Gasteiger partial charge in [-0.15, -0.1) is 10.2 Å². The minimum atomic E-state index is -0.105. The summed E-state index contributed by atoms with van der Waals surface area (Å²) < 4.78 is 9.45. The third-order valence-corrected chi connectivity index (χ3v) is 6.87. The van der Waals surface area contributed by atoms with Gasteiger partial charge in [0.1, 0.15) is 11.6 Å². The molecule has 2 heterocycles. The van der Waals surface area contributed by atoms with E-state index in [-0.39, 0.29) is 11.7 Å². The van der Waals surface area contributed by atoms with Crippen LogP contribution in [0.5, 0.6) is 5.75 Å². The molecule has 1 fully saturated rings. The number of aromatic nitrogens is 5. The van der Waals surface area contributed by atoms with Crippen LogP contribution >= 0.6 is 11.8 Å². The topological polar surface area (TPSA) is 86.9 Å². The minimum Gasteiger partial charge on any atom is -0.496 e. The zero-order valence-corrected chi connectivity index (χ0v) is 19.7. The smallest absolute Gasteiger partial charge is 0.235 e. The minimum absolute atomic E-state index is 0.105. The van der Waals surface area contributed by atoms with Crippen LogP contribution in [-0.2, 0) is 4.79 Å². The lowest BCUT2D eigenvalue weighted by molar-refractivity contribution is -0.113. The maximum atomic E-state index is 12.8. The van der Waals surface area contributed by atoms with E-state index in [0.717, 1.165) is 29.9 Å². The van der Waals surface area contributed by atoms with Gasteiger partial charge in [-0.1, -0.05) is 54.9 Å². The molecule has 34 heavy (non-hydrogen) atoms. The van der Waals surface area contributed by atoms with Gasteiger partial charge in [-0.3, -0.25) is 9.36 Å². The largest absolute Gasteiger partial charge is 0.496 e. The third kappa shape index (κ3) is 4.56. The Labute approximate surface area is 202 Å². The van der Waals surface area contributed by atoms with Crippen LogP contribution in [0.3, 0.4) is 0 Å². The maximum Gasteiger partial charge on any atom is 0.235 e. The Morgan fingerprint density at radius 3 is 2.62 bits per heavy atom. The quantitative estimate of drug-likeness (QED) is 0.362. The van der Waals surface area contributed by atoms with E-state index in [0.29, 0.717) is 22.8 Å². The summed E-state index contributed by atoms with van der Waals surface area (Å²) in [7, 11) is 1.64. The number of amides is 1. The number of hydrogen-bond donors (Lipinski definition) is 1. The molecule has 9 heteroatoms. The molecule has 0 bridgehead atoms. The second kappa shape index (κ2) is 10.1. The second-order valence-corrected chi connectivity index (χ2v) is 9.06. The number of benzene rings is 2. The molecule has 0 atom stereocenters. The SMILES string of the molecule is COc1ccccc1-c1nnc(SCC(=O)Nc2ccnn2C2CCCC2)n1-c1ccccc1. The first-order valence-electron chi connectivity index (χ1n) is 11.3. The summed E-state index contributed by atoms with van der Waals surface area (Å²) in [6.45, 7) is 0. The normalized spacial score (nSPS) is 13.8. The van der Waals surface area contributed by atoms with Gasteiger partial charge in [-0.25, -0.2) is 4.68 Å². The Kier molecular flexibility index (Phi) is 6.62. The highest BCUT2D eigenvalue weighted by Gasteiger charge is 2.22. The van der Waals surface area contributed by atoms with Crippen molar-refractivity contribution < 1.29 is 9.53 Å². The van der Waals surface area contributed by atoms with E-state index >= 15 is 0 Å². The van der Waals surface area contributed by atoms with Crippen LogP contribution in [0.15, 0.2) is 72.0 Å². The number of nitrogens with one attached hydrogen (secondary N) is 1. The molecule has 1 aliphatic rings. The van der Waals surface area contributed by atoms with Crippen LogP contribution in [0.2, 0.25) is 0 Å². The molecule has 4 aromatic rings. The number of ether oxygens (including phenoxy) is 1. The molecular weight excluding hydrogens is 448 g/mol. The fraction of sp³-hybridized carbons (Fsp3) is 0.280. The Balaban J connectivity index is 1.38. The highest BCUT2D eigenvalue weighted by molar-refractivity contribution is 7.99. The zero-order chi connectivity index (χ0) is 23.3. The molecule has 8 nitrogen and oxygen atoms in total. The zero-order valence-electron chi connectivity index (χ0n) is 18.9. The van der Waals surface area contributed by atoms with E-state index in [1.54, 1.807) is 13.3 Å². The summed E-state index contributed by atoms with van der Waals surface area (Å²) in [6.07, 6.45) is 6.36. The van der Waals surface area contributed by atoms with Gasteiger partial charge in [0.2, 0.25) is 5.91 Å². The van der Waals surface area contributed by atoms with Crippen LogP contribution in [0, 0.1) is 0 Å². The van der Waals surface area contributed by atoms with E-state index in [1.165, 1.54) is 24.6 Å². The van der Waals surface area contributed by atoms with Crippen LogP contribution in [0.1, 0.15) is 31.7 Å². The van der Waals surface area contributed by atoms with Crippen LogP contribution in [0.4, 0.5) is 5.82 Å². The third-order valence-electron chi connectivity index (χ3n) is 5.94. The average Bonchev–Trinajstić information content (AvgIpc) is 3.64. The lowest BCUT2D eigenvalue weighted by atomic mass is 10.2. The van der Waals surface area contributed by atoms with Gasteiger partial charge in [-0.2, -0.15) is 5.10 Å². The van der Waals surface area contributed by atoms with Crippen molar-refractivity contribution in [2.45, 2.75) is 36.9 Å². The van der Waals surface area contributed by atoms with Gasteiger partial charge in [0.05, 0.1) is 30.7 Å². The molecule has 1 amide bonds. The molecule has 2 aromatic heterocycles. The van der Waals surface area contributed by atoms with Crippen molar-refractivity contribution in [2.24, 2.45) is 0 Å². The first-order valence-corrected chi connectivity index (χ1v) is 12.3. The van der Waals surface area contributed by atoms with Gasteiger partial charge >= 0.3 is 0 Å².